The Hall–Kier alpha value is -1.76. The predicted octanol–water partition coefficient (Wildman–Crippen LogP) is 3.12. The van der Waals surface area contributed by atoms with Gasteiger partial charge in [0, 0.05) is 37.6 Å². The number of piperidine rings is 1. The van der Waals surface area contributed by atoms with Gasteiger partial charge in [-0.1, -0.05) is 37.3 Å². The van der Waals surface area contributed by atoms with E-state index >= 15 is 0 Å². The zero-order chi connectivity index (χ0) is 18.4. The number of likely N-dealkylation sites (tertiary alicyclic amines) is 1. The van der Waals surface area contributed by atoms with Crippen LogP contribution in [-0.2, 0) is 13.1 Å². The van der Waals surface area contributed by atoms with Gasteiger partial charge in [-0.2, -0.15) is 0 Å². The largest absolute Gasteiger partial charge is 0.333 e. The number of thiazole rings is 1. The van der Waals surface area contributed by atoms with Crippen LogP contribution < -0.4 is 5.73 Å². The lowest BCUT2D eigenvalue weighted by molar-refractivity contribution is 0.0529. The number of hydrogen-bond donors (Lipinski definition) is 1. The van der Waals surface area contributed by atoms with E-state index in [0.717, 1.165) is 50.4 Å². The summed E-state index contributed by atoms with van der Waals surface area (Å²) in [5.74, 6) is 0.0503. The average molecular weight is 373 g/mol. The van der Waals surface area contributed by atoms with Crippen LogP contribution in [-0.4, -0.2) is 46.4 Å². The summed E-state index contributed by atoms with van der Waals surface area (Å²) < 4.78 is 0. The molecule has 0 saturated carbocycles. The molecular weight excluding hydrogens is 344 g/mol. The van der Waals surface area contributed by atoms with E-state index < -0.39 is 0 Å². The first-order chi connectivity index (χ1) is 12.7. The van der Waals surface area contributed by atoms with Crippen molar-refractivity contribution in [2.75, 3.05) is 19.6 Å². The standard InChI is InChI=1S/C20H28N4OS/c1-2-10-24(20(25)18-15-26-19(12-21)22-18)17-9-6-11-23(14-17)13-16-7-4-3-5-8-16/h3-5,7-8,15,17H,2,6,9-14,21H2,1H3. The lowest BCUT2D eigenvalue weighted by Crippen LogP contribution is -2.50. The second-order valence-electron chi connectivity index (χ2n) is 6.85. The molecule has 0 bridgehead atoms. The molecule has 0 radical (unpaired) electrons. The molecule has 0 aliphatic carbocycles. The Kier molecular flexibility index (Phi) is 6.77. The summed E-state index contributed by atoms with van der Waals surface area (Å²) in [6, 6.07) is 10.8. The van der Waals surface area contributed by atoms with Crippen LogP contribution in [0.25, 0.3) is 0 Å². The van der Waals surface area contributed by atoms with Crippen molar-refractivity contribution in [1.29, 1.82) is 0 Å². The van der Waals surface area contributed by atoms with Gasteiger partial charge in [0.1, 0.15) is 10.7 Å². The van der Waals surface area contributed by atoms with Crippen LogP contribution in [0.15, 0.2) is 35.7 Å². The minimum absolute atomic E-state index is 0.0503. The van der Waals surface area contributed by atoms with Gasteiger partial charge in [-0.05, 0) is 31.4 Å². The van der Waals surface area contributed by atoms with Gasteiger partial charge in [-0.3, -0.25) is 9.69 Å². The Morgan fingerprint density at radius 1 is 1.38 bits per heavy atom. The molecule has 2 N–H and O–H groups in total. The maximum Gasteiger partial charge on any atom is 0.273 e. The number of nitrogens with zero attached hydrogens (tertiary/aromatic N) is 3. The van der Waals surface area contributed by atoms with Crippen molar-refractivity contribution in [3.63, 3.8) is 0 Å². The van der Waals surface area contributed by atoms with Gasteiger partial charge in [-0.15, -0.1) is 11.3 Å². The van der Waals surface area contributed by atoms with Crippen LogP contribution in [0.3, 0.4) is 0 Å². The first-order valence-electron chi connectivity index (χ1n) is 9.43. The Bertz CT molecular complexity index is 703. The van der Waals surface area contributed by atoms with E-state index in [2.05, 4.69) is 41.1 Å². The lowest BCUT2D eigenvalue weighted by Gasteiger charge is -2.39. The van der Waals surface area contributed by atoms with Crippen LogP contribution >= 0.6 is 11.3 Å². The van der Waals surface area contributed by atoms with E-state index in [1.807, 2.05) is 16.3 Å². The van der Waals surface area contributed by atoms with Crippen molar-refractivity contribution < 1.29 is 4.79 Å². The highest BCUT2D eigenvalue weighted by Crippen LogP contribution is 2.21. The number of hydrogen-bond acceptors (Lipinski definition) is 5. The van der Waals surface area contributed by atoms with Gasteiger partial charge in [0.25, 0.3) is 5.91 Å². The molecule has 6 heteroatoms. The van der Waals surface area contributed by atoms with Gasteiger partial charge < -0.3 is 10.6 Å². The van der Waals surface area contributed by atoms with Crippen LogP contribution in [0, 0.1) is 0 Å². The molecule has 140 valence electrons. The van der Waals surface area contributed by atoms with E-state index in [9.17, 15) is 4.79 Å². The lowest BCUT2D eigenvalue weighted by atomic mass is 10.0. The third-order valence-electron chi connectivity index (χ3n) is 4.84. The van der Waals surface area contributed by atoms with Crippen molar-refractivity contribution in [1.82, 2.24) is 14.8 Å². The number of aromatic nitrogens is 1. The van der Waals surface area contributed by atoms with Crippen LogP contribution in [0.5, 0.6) is 0 Å². The fraction of sp³-hybridized carbons (Fsp3) is 0.500. The van der Waals surface area contributed by atoms with Gasteiger partial charge in [0.2, 0.25) is 0 Å². The minimum Gasteiger partial charge on any atom is -0.333 e. The molecule has 1 aromatic heterocycles. The normalized spacial score (nSPS) is 18.0. The smallest absolute Gasteiger partial charge is 0.273 e. The molecule has 1 aliphatic rings. The van der Waals surface area contributed by atoms with E-state index in [4.69, 9.17) is 5.73 Å². The summed E-state index contributed by atoms with van der Waals surface area (Å²) in [7, 11) is 0. The van der Waals surface area contributed by atoms with Crippen LogP contribution in [0.4, 0.5) is 0 Å². The van der Waals surface area contributed by atoms with Gasteiger partial charge in [-0.25, -0.2) is 4.98 Å². The third kappa shape index (κ3) is 4.69. The average Bonchev–Trinajstić information content (AvgIpc) is 3.16. The zero-order valence-electron chi connectivity index (χ0n) is 15.4. The van der Waals surface area contributed by atoms with Crippen molar-refractivity contribution in [3.05, 3.63) is 52.0 Å². The van der Waals surface area contributed by atoms with Gasteiger partial charge >= 0.3 is 0 Å². The molecule has 1 aliphatic heterocycles. The van der Waals surface area contributed by atoms with E-state index in [-0.39, 0.29) is 11.9 Å². The molecule has 1 saturated heterocycles. The Morgan fingerprint density at radius 2 is 2.19 bits per heavy atom. The van der Waals surface area contributed by atoms with Crippen molar-refractivity contribution >= 4 is 17.2 Å². The highest BCUT2D eigenvalue weighted by Gasteiger charge is 2.29. The summed E-state index contributed by atoms with van der Waals surface area (Å²) in [5, 5.41) is 2.66. The maximum absolute atomic E-state index is 13.0. The molecule has 1 atom stereocenters. The molecule has 2 aromatic rings. The highest BCUT2D eigenvalue weighted by atomic mass is 32.1. The summed E-state index contributed by atoms with van der Waals surface area (Å²) in [4.78, 5) is 21.9. The van der Waals surface area contributed by atoms with E-state index in [1.54, 1.807) is 0 Å². The molecule has 1 unspecified atom stereocenters. The molecule has 3 rings (SSSR count). The van der Waals surface area contributed by atoms with Crippen molar-refractivity contribution in [3.8, 4) is 0 Å². The van der Waals surface area contributed by atoms with Gasteiger partial charge in [0.15, 0.2) is 0 Å². The second-order valence-corrected chi connectivity index (χ2v) is 7.79. The fourth-order valence-corrected chi connectivity index (χ4v) is 4.26. The Labute approximate surface area is 159 Å². The number of nitrogens with two attached hydrogens (primary N) is 1. The molecule has 5 nitrogen and oxygen atoms in total. The summed E-state index contributed by atoms with van der Waals surface area (Å²) >= 11 is 1.47. The van der Waals surface area contributed by atoms with Crippen molar-refractivity contribution in [2.24, 2.45) is 5.73 Å². The minimum atomic E-state index is 0.0503. The monoisotopic (exact) mass is 372 g/mol. The first kappa shape index (κ1) is 19.0. The topological polar surface area (TPSA) is 62.5 Å². The number of amides is 1. The summed E-state index contributed by atoms with van der Waals surface area (Å²) in [6.45, 7) is 6.25. The van der Waals surface area contributed by atoms with E-state index in [0.29, 0.717) is 12.2 Å². The van der Waals surface area contributed by atoms with Gasteiger partial charge in [0.05, 0.1) is 0 Å². The number of rotatable bonds is 7. The molecular formula is C20H28N4OS. The second kappa shape index (κ2) is 9.26. The first-order valence-corrected chi connectivity index (χ1v) is 10.3. The predicted molar refractivity (Wildman–Crippen MR) is 106 cm³/mol. The molecule has 2 heterocycles. The molecule has 1 aromatic carbocycles. The molecule has 1 amide bonds. The number of carbonyl (C=O) groups excluding carboxylic acids is 1. The Balaban J connectivity index is 1.69. The quantitative estimate of drug-likeness (QED) is 0.811. The maximum atomic E-state index is 13.0. The third-order valence-corrected chi connectivity index (χ3v) is 5.71. The van der Waals surface area contributed by atoms with Crippen molar-refractivity contribution in [2.45, 2.75) is 45.3 Å². The fourth-order valence-electron chi connectivity index (χ4n) is 3.61. The van der Waals surface area contributed by atoms with E-state index in [1.165, 1.54) is 16.9 Å². The number of carbonyl (C=O) groups is 1. The summed E-state index contributed by atoms with van der Waals surface area (Å²) in [6.07, 6.45) is 3.13. The van der Waals surface area contributed by atoms with Crippen LogP contribution in [0.2, 0.25) is 0 Å². The summed E-state index contributed by atoms with van der Waals surface area (Å²) in [5.41, 5.74) is 7.52. The molecule has 0 spiro atoms. The SMILES string of the molecule is CCCN(C(=O)c1csc(CN)n1)C1CCCN(Cc2ccccc2)C1. The highest BCUT2D eigenvalue weighted by molar-refractivity contribution is 7.09. The Morgan fingerprint density at radius 3 is 2.88 bits per heavy atom. The molecule has 1 fully saturated rings. The van der Waals surface area contributed by atoms with Crippen LogP contribution in [0.1, 0.15) is 47.2 Å². The zero-order valence-corrected chi connectivity index (χ0v) is 16.3. The number of benzene rings is 1. The molecule has 26 heavy (non-hydrogen) atoms.